The maximum absolute atomic E-state index is 11.9. The fourth-order valence-electron chi connectivity index (χ4n) is 1.82. The maximum Gasteiger partial charge on any atom is 0.269 e. The van der Waals surface area contributed by atoms with Crippen LogP contribution in [-0.2, 0) is 22.7 Å². The highest BCUT2D eigenvalue weighted by atomic mass is 32.2. The van der Waals surface area contributed by atoms with Crippen molar-refractivity contribution in [3.63, 3.8) is 0 Å². The molecule has 0 radical (unpaired) electrons. The van der Waals surface area contributed by atoms with Gasteiger partial charge in [0.1, 0.15) is 5.52 Å². The van der Waals surface area contributed by atoms with E-state index in [0.29, 0.717) is 33.9 Å². The average Bonchev–Trinajstić information content (AvgIpc) is 2.59. The highest BCUT2D eigenvalue weighted by Crippen LogP contribution is 2.22. The van der Waals surface area contributed by atoms with Gasteiger partial charge in [0.2, 0.25) is 5.52 Å². The lowest BCUT2D eigenvalue weighted by Crippen LogP contribution is -2.33. The van der Waals surface area contributed by atoms with Gasteiger partial charge in [0.05, 0.1) is 0 Å². The fraction of sp³-hybridized carbons (Fsp3) is 0.200. The zero-order valence-electron chi connectivity index (χ0n) is 7.84. The zero-order chi connectivity index (χ0) is 10.4. The Morgan fingerprint density at radius 2 is 2.07 bits per heavy atom. The molecular formula is C10H8N2O2S. The molecule has 0 N–H and O–H groups in total. The van der Waals surface area contributed by atoms with Gasteiger partial charge in [0.25, 0.3) is 5.69 Å². The topological polar surface area (TPSA) is 62.9 Å². The van der Waals surface area contributed by atoms with Gasteiger partial charge in [0.15, 0.2) is 17.2 Å². The summed E-state index contributed by atoms with van der Waals surface area (Å²) in [6.45, 7) is 0. The second kappa shape index (κ2) is 3.08. The van der Waals surface area contributed by atoms with E-state index in [9.17, 15) is 9.76 Å². The largest absolute Gasteiger partial charge is 0.618 e. The summed E-state index contributed by atoms with van der Waals surface area (Å²) >= 11 is -0.961. The molecule has 0 spiro atoms. The summed E-state index contributed by atoms with van der Waals surface area (Å²) in [5.41, 5.74) is 2.47. The quantitative estimate of drug-likeness (QED) is 0.371. The van der Waals surface area contributed by atoms with Gasteiger partial charge in [-0.2, -0.15) is 4.73 Å². The Labute approximate surface area is 89.3 Å². The molecule has 0 bridgehead atoms. The SMILES string of the molecule is [O-][n+]1c2c(nc3ccccc31)C[S+]([O-])C2. The molecule has 2 aromatic rings. The van der Waals surface area contributed by atoms with Crippen molar-refractivity contribution < 1.29 is 9.28 Å². The van der Waals surface area contributed by atoms with Gasteiger partial charge < -0.3 is 9.76 Å². The van der Waals surface area contributed by atoms with Crippen LogP contribution in [0.4, 0.5) is 0 Å². The van der Waals surface area contributed by atoms with E-state index in [0.717, 1.165) is 4.73 Å². The van der Waals surface area contributed by atoms with Crippen LogP contribution in [0.2, 0.25) is 0 Å². The highest BCUT2D eigenvalue weighted by Gasteiger charge is 2.32. The van der Waals surface area contributed by atoms with Crippen LogP contribution in [-0.4, -0.2) is 9.54 Å². The Kier molecular flexibility index (Phi) is 1.83. The second-order valence-electron chi connectivity index (χ2n) is 3.52. The first kappa shape index (κ1) is 8.94. The molecule has 76 valence electrons. The van der Waals surface area contributed by atoms with Crippen molar-refractivity contribution in [1.82, 2.24) is 4.98 Å². The van der Waals surface area contributed by atoms with Crippen molar-refractivity contribution >= 4 is 22.2 Å². The minimum atomic E-state index is -0.961. The number of nitrogens with zero attached hydrogens (tertiary/aromatic N) is 2. The first-order valence-electron chi connectivity index (χ1n) is 4.61. The molecule has 5 heteroatoms. The smallest absolute Gasteiger partial charge is 0.269 e. The molecule has 2 heterocycles. The molecule has 1 atom stereocenters. The van der Waals surface area contributed by atoms with Gasteiger partial charge in [0, 0.05) is 6.07 Å². The van der Waals surface area contributed by atoms with E-state index in [4.69, 9.17) is 0 Å². The summed E-state index contributed by atoms with van der Waals surface area (Å²) in [4.78, 5) is 4.35. The standard InChI is InChI=1S/C10H8N2O2S/c13-12-9-4-2-1-3-7(9)11-8-5-15(14)6-10(8)12/h1-4H,5-6H2. The third-order valence-corrected chi connectivity index (χ3v) is 3.72. The average molecular weight is 220 g/mol. The van der Waals surface area contributed by atoms with Crippen LogP contribution in [0.25, 0.3) is 11.0 Å². The molecule has 3 rings (SSSR count). The van der Waals surface area contributed by atoms with E-state index in [2.05, 4.69) is 4.98 Å². The van der Waals surface area contributed by atoms with E-state index in [1.807, 2.05) is 6.07 Å². The summed E-state index contributed by atoms with van der Waals surface area (Å²) in [5, 5.41) is 11.9. The molecule has 4 nitrogen and oxygen atoms in total. The number of hydrogen-bond acceptors (Lipinski definition) is 3. The summed E-state index contributed by atoms with van der Waals surface area (Å²) in [6, 6.07) is 7.17. The van der Waals surface area contributed by atoms with Gasteiger partial charge >= 0.3 is 0 Å². The van der Waals surface area contributed by atoms with E-state index in [-0.39, 0.29) is 0 Å². The third kappa shape index (κ3) is 1.27. The summed E-state index contributed by atoms with van der Waals surface area (Å²) in [5.74, 6) is 0.735. The van der Waals surface area contributed by atoms with Crippen molar-refractivity contribution in [2.45, 2.75) is 11.5 Å². The van der Waals surface area contributed by atoms with Crippen LogP contribution in [0.5, 0.6) is 0 Å². The molecule has 0 aliphatic carbocycles. The van der Waals surface area contributed by atoms with Gasteiger partial charge in [-0.25, -0.2) is 4.98 Å². The minimum Gasteiger partial charge on any atom is -0.618 e. The molecular weight excluding hydrogens is 212 g/mol. The summed E-state index contributed by atoms with van der Waals surface area (Å²) < 4.78 is 12.2. The van der Waals surface area contributed by atoms with E-state index in [1.54, 1.807) is 18.2 Å². The van der Waals surface area contributed by atoms with Gasteiger partial charge in [-0.1, -0.05) is 12.1 Å². The predicted octanol–water partition coefficient (Wildman–Crippen LogP) is 0.631. The van der Waals surface area contributed by atoms with Crippen LogP contribution in [0.15, 0.2) is 24.3 Å². The molecule has 0 fully saturated rings. The monoisotopic (exact) mass is 220 g/mol. The summed E-state index contributed by atoms with van der Waals surface area (Å²) in [6.07, 6.45) is 0. The predicted molar refractivity (Wildman–Crippen MR) is 56.3 cm³/mol. The highest BCUT2D eigenvalue weighted by molar-refractivity contribution is 7.90. The number of para-hydroxylation sites is 2. The second-order valence-corrected chi connectivity index (χ2v) is 4.97. The first-order valence-corrected chi connectivity index (χ1v) is 6.09. The van der Waals surface area contributed by atoms with Crippen LogP contribution in [0.3, 0.4) is 0 Å². The molecule has 0 amide bonds. The number of rotatable bonds is 0. The molecule has 1 unspecified atom stereocenters. The Morgan fingerprint density at radius 1 is 1.27 bits per heavy atom. The van der Waals surface area contributed by atoms with Gasteiger partial charge in [-0.15, -0.1) is 0 Å². The molecule has 15 heavy (non-hydrogen) atoms. The van der Waals surface area contributed by atoms with Crippen molar-refractivity contribution in [3.05, 3.63) is 40.9 Å². The van der Waals surface area contributed by atoms with Crippen LogP contribution < -0.4 is 4.73 Å². The molecule has 0 saturated heterocycles. The van der Waals surface area contributed by atoms with Crippen molar-refractivity contribution in [3.8, 4) is 0 Å². The van der Waals surface area contributed by atoms with Crippen molar-refractivity contribution in [1.29, 1.82) is 0 Å². The molecule has 1 aromatic heterocycles. The molecule has 1 aliphatic rings. The lowest BCUT2D eigenvalue weighted by molar-refractivity contribution is -0.585. The zero-order valence-corrected chi connectivity index (χ0v) is 8.66. The van der Waals surface area contributed by atoms with Crippen LogP contribution >= 0.6 is 0 Å². The number of hydrogen-bond donors (Lipinski definition) is 0. The minimum absolute atomic E-state index is 0.330. The Morgan fingerprint density at radius 3 is 2.93 bits per heavy atom. The lowest BCUT2D eigenvalue weighted by Gasteiger charge is -2.03. The normalized spacial score (nSPS) is 19.4. The van der Waals surface area contributed by atoms with E-state index >= 15 is 0 Å². The number of fused-ring (bicyclic) bond motifs is 2. The van der Waals surface area contributed by atoms with Crippen molar-refractivity contribution in [2.75, 3.05) is 0 Å². The number of benzene rings is 1. The molecule has 1 aromatic carbocycles. The Bertz CT molecular complexity index is 544. The molecule has 1 aliphatic heterocycles. The molecule has 0 saturated carbocycles. The van der Waals surface area contributed by atoms with Crippen LogP contribution in [0.1, 0.15) is 11.4 Å². The lowest BCUT2D eigenvalue weighted by atomic mass is 10.2. The van der Waals surface area contributed by atoms with Gasteiger partial charge in [-0.3, -0.25) is 0 Å². The Balaban J connectivity index is 2.35. The van der Waals surface area contributed by atoms with E-state index in [1.165, 1.54) is 0 Å². The van der Waals surface area contributed by atoms with Crippen LogP contribution in [0, 0.1) is 5.21 Å². The third-order valence-electron chi connectivity index (χ3n) is 2.53. The Hall–Kier alpha value is -1.33. The number of aromatic nitrogens is 2. The van der Waals surface area contributed by atoms with Crippen molar-refractivity contribution in [2.24, 2.45) is 0 Å². The van der Waals surface area contributed by atoms with E-state index < -0.39 is 11.2 Å². The summed E-state index contributed by atoms with van der Waals surface area (Å²) in [7, 11) is 0. The maximum atomic E-state index is 11.9. The first-order chi connectivity index (χ1) is 7.25. The fourth-order valence-corrected chi connectivity index (χ4v) is 3.04. The van der Waals surface area contributed by atoms with Gasteiger partial charge in [-0.05, 0) is 17.2 Å².